The van der Waals surface area contributed by atoms with E-state index >= 15 is 0 Å². The van der Waals surface area contributed by atoms with Crippen LogP contribution in [0.15, 0.2) is 10.6 Å². The van der Waals surface area contributed by atoms with Crippen LogP contribution in [0.5, 0.6) is 0 Å². The Kier molecular flexibility index (Phi) is 5.59. The zero-order valence-corrected chi connectivity index (χ0v) is 15.3. The number of amides is 1. The first kappa shape index (κ1) is 17.5. The molecule has 1 amide bonds. The highest BCUT2D eigenvalue weighted by Crippen LogP contribution is 2.32. The molecule has 1 atom stereocenters. The second kappa shape index (κ2) is 7.68. The van der Waals surface area contributed by atoms with Gasteiger partial charge in [-0.25, -0.2) is 0 Å². The summed E-state index contributed by atoms with van der Waals surface area (Å²) < 4.78 is 5.58. The van der Waals surface area contributed by atoms with Crippen molar-refractivity contribution in [2.45, 2.75) is 71.4 Å². The second-order valence-electron chi connectivity index (χ2n) is 7.88. The largest absolute Gasteiger partial charge is 0.360 e. The van der Waals surface area contributed by atoms with Crippen molar-refractivity contribution in [3.05, 3.63) is 17.5 Å². The normalized spacial score (nSPS) is 24.1. The highest BCUT2D eigenvalue weighted by molar-refractivity contribution is 5.82. The molecule has 1 saturated carbocycles. The Morgan fingerprint density at radius 1 is 1.25 bits per heavy atom. The maximum Gasteiger partial charge on any atom is 0.239 e. The maximum absolute atomic E-state index is 12.6. The topological polar surface area (TPSA) is 49.6 Å². The van der Waals surface area contributed by atoms with Gasteiger partial charge in [0, 0.05) is 31.6 Å². The Balaban J connectivity index is 1.58. The number of piperazine rings is 1. The third kappa shape index (κ3) is 4.00. The van der Waals surface area contributed by atoms with Crippen LogP contribution in [0.4, 0.5) is 0 Å². The summed E-state index contributed by atoms with van der Waals surface area (Å²) in [5.74, 6) is 2.22. The molecule has 2 aliphatic rings. The van der Waals surface area contributed by atoms with Crippen LogP contribution in [0.1, 0.15) is 70.2 Å². The molecule has 1 aromatic rings. The predicted molar refractivity (Wildman–Crippen MR) is 93.6 cm³/mol. The fraction of sp³-hybridized carbons (Fsp3) is 0.789. The minimum absolute atomic E-state index is 0.0827. The zero-order valence-electron chi connectivity index (χ0n) is 15.3. The average Bonchev–Trinajstić information content (AvgIpc) is 3.04. The maximum atomic E-state index is 12.6. The smallest absolute Gasteiger partial charge is 0.239 e. The zero-order chi connectivity index (χ0) is 17.1. The van der Waals surface area contributed by atoms with E-state index in [9.17, 15) is 4.79 Å². The van der Waals surface area contributed by atoms with Gasteiger partial charge in [-0.3, -0.25) is 9.69 Å². The molecule has 1 aliphatic carbocycles. The summed E-state index contributed by atoms with van der Waals surface area (Å²) in [5, 5.41) is 4.31. The first-order valence-corrected chi connectivity index (χ1v) is 9.53. The fourth-order valence-electron chi connectivity index (χ4n) is 4.01. The Bertz CT molecular complexity index is 549. The van der Waals surface area contributed by atoms with Crippen LogP contribution in [0.3, 0.4) is 0 Å². The lowest BCUT2D eigenvalue weighted by Gasteiger charge is -2.39. The van der Waals surface area contributed by atoms with Gasteiger partial charge >= 0.3 is 0 Å². The molecule has 1 aliphatic heterocycles. The first-order valence-electron chi connectivity index (χ1n) is 9.53. The molecule has 2 heterocycles. The van der Waals surface area contributed by atoms with E-state index < -0.39 is 0 Å². The van der Waals surface area contributed by atoms with E-state index in [1.54, 1.807) is 0 Å². The van der Waals surface area contributed by atoms with Crippen molar-refractivity contribution >= 4 is 5.91 Å². The van der Waals surface area contributed by atoms with E-state index in [1.807, 2.05) is 11.8 Å². The molecule has 0 bridgehead atoms. The number of aromatic nitrogens is 1. The van der Waals surface area contributed by atoms with E-state index in [-0.39, 0.29) is 11.9 Å². The van der Waals surface area contributed by atoms with Crippen molar-refractivity contribution in [1.29, 1.82) is 0 Å². The van der Waals surface area contributed by atoms with E-state index in [0.717, 1.165) is 31.1 Å². The molecule has 2 fully saturated rings. The first-order chi connectivity index (χ1) is 11.5. The van der Waals surface area contributed by atoms with Crippen molar-refractivity contribution in [3.63, 3.8) is 0 Å². The van der Waals surface area contributed by atoms with Crippen LogP contribution in [0.2, 0.25) is 0 Å². The molecule has 5 nitrogen and oxygen atoms in total. The van der Waals surface area contributed by atoms with Gasteiger partial charge in [-0.2, -0.15) is 0 Å². The molecule has 3 rings (SSSR count). The van der Waals surface area contributed by atoms with Crippen molar-refractivity contribution in [2.75, 3.05) is 19.6 Å². The van der Waals surface area contributed by atoms with Gasteiger partial charge in [0.25, 0.3) is 0 Å². The molecule has 1 saturated heterocycles. The highest BCUT2D eigenvalue weighted by atomic mass is 16.5. The van der Waals surface area contributed by atoms with Gasteiger partial charge in [0.05, 0.1) is 18.3 Å². The monoisotopic (exact) mass is 333 g/mol. The summed E-state index contributed by atoms with van der Waals surface area (Å²) in [4.78, 5) is 16.8. The molecule has 0 aromatic carbocycles. The molecule has 0 spiro atoms. The molecule has 0 radical (unpaired) electrons. The third-order valence-corrected chi connectivity index (χ3v) is 5.42. The minimum atomic E-state index is -0.0827. The molecule has 134 valence electrons. The van der Waals surface area contributed by atoms with Crippen molar-refractivity contribution in [1.82, 2.24) is 15.0 Å². The number of hydrogen-bond acceptors (Lipinski definition) is 4. The molecule has 0 unspecified atom stereocenters. The fourth-order valence-corrected chi connectivity index (χ4v) is 4.01. The number of nitrogens with zero attached hydrogens (tertiary/aromatic N) is 3. The lowest BCUT2D eigenvalue weighted by molar-refractivity contribution is -0.142. The van der Waals surface area contributed by atoms with Gasteiger partial charge < -0.3 is 9.42 Å². The van der Waals surface area contributed by atoms with Crippen molar-refractivity contribution in [3.8, 4) is 0 Å². The highest BCUT2D eigenvalue weighted by Gasteiger charge is 2.32. The lowest BCUT2D eigenvalue weighted by Crippen LogP contribution is -2.55. The molecule has 5 heteroatoms. The van der Waals surface area contributed by atoms with Gasteiger partial charge in [0.15, 0.2) is 5.76 Å². The van der Waals surface area contributed by atoms with E-state index in [4.69, 9.17) is 4.52 Å². The Labute approximate surface area is 145 Å². The number of hydrogen-bond donors (Lipinski definition) is 0. The van der Waals surface area contributed by atoms with Crippen LogP contribution >= 0.6 is 0 Å². The summed E-state index contributed by atoms with van der Waals surface area (Å²) in [6, 6.07) is 2.04. The van der Waals surface area contributed by atoms with Gasteiger partial charge in [-0.05, 0) is 25.7 Å². The summed E-state index contributed by atoms with van der Waals surface area (Å²) in [6.07, 6.45) is 6.41. The average molecular weight is 333 g/mol. The standard InChI is InChI=1S/C19H31N3O2/c1-14(2)12-22-10-9-21(15(3)19(22)23)13-17-11-18(20-24-17)16-7-5-4-6-8-16/h11,14-16H,4-10,12-13H2,1-3H3/t15-/m1/s1. The van der Waals surface area contributed by atoms with Gasteiger partial charge in [0.2, 0.25) is 5.91 Å². The number of rotatable bonds is 5. The van der Waals surface area contributed by atoms with Crippen LogP contribution in [-0.2, 0) is 11.3 Å². The van der Waals surface area contributed by atoms with Crippen LogP contribution in [0, 0.1) is 5.92 Å². The Morgan fingerprint density at radius 2 is 2.00 bits per heavy atom. The van der Waals surface area contributed by atoms with E-state index in [2.05, 4.69) is 30.0 Å². The molecular formula is C19H31N3O2. The van der Waals surface area contributed by atoms with Gasteiger partial charge in [-0.15, -0.1) is 0 Å². The molecular weight excluding hydrogens is 302 g/mol. The van der Waals surface area contributed by atoms with Crippen LogP contribution in [0.25, 0.3) is 0 Å². The van der Waals surface area contributed by atoms with Crippen molar-refractivity contribution < 1.29 is 9.32 Å². The summed E-state index contributed by atoms with van der Waals surface area (Å²) in [6.45, 7) is 9.57. The quantitative estimate of drug-likeness (QED) is 0.828. The van der Waals surface area contributed by atoms with Crippen LogP contribution in [-0.4, -0.2) is 46.5 Å². The summed E-state index contributed by atoms with van der Waals surface area (Å²) in [7, 11) is 0. The van der Waals surface area contributed by atoms with E-state index in [0.29, 0.717) is 18.4 Å². The molecule has 1 aromatic heterocycles. The Hall–Kier alpha value is -1.36. The number of carbonyl (C=O) groups is 1. The summed E-state index contributed by atoms with van der Waals surface area (Å²) >= 11 is 0. The third-order valence-electron chi connectivity index (χ3n) is 5.42. The van der Waals surface area contributed by atoms with Gasteiger partial charge in [-0.1, -0.05) is 38.3 Å². The molecule has 0 N–H and O–H groups in total. The summed E-state index contributed by atoms with van der Waals surface area (Å²) in [5.41, 5.74) is 1.11. The molecule has 24 heavy (non-hydrogen) atoms. The van der Waals surface area contributed by atoms with Crippen LogP contribution < -0.4 is 0 Å². The lowest BCUT2D eigenvalue weighted by atomic mass is 9.87. The van der Waals surface area contributed by atoms with E-state index in [1.165, 1.54) is 32.1 Å². The van der Waals surface area contributed by atoms with Gasteiger partial charge in [0.1, 0.15) is 0 Å². The number of carbonyl (C=O) groups excluding carboxylic acids is 1. The minimum Gasteiger partial charge on any atom is -0.360 e. The Morgan fingerprint density at radius 3 is 2.71 bits per heavy atom. The SMILES string of the molecule is CC(C)CN1CCN(Cc2cc(C3CCCCC3)no2)[C@H](C)C1=O. The predicted octanol–water partition coefficient (Wildman–Crippen LogP) is 3.41. The van der Waals surface area contributed by atoms with Crippen molar-refractivity contribution in [2.24, 2.45) is 5.92 Å². The second-order valence-corrected chi connectivity index (χ2v) is 7.88.